The molecule has 14 heavy (non-hydrogen) atoms. The molecule has 0 spiro atoms. The lowest BCUT2D eigenvalue weighted by molar-refractivity contribution is -0.205. The quantitative estimate of drug-likeness (QED) is 0.422. The molecule has 1 fully saturated rings. The first-order chi connectivity index (χ1) is 6.41. The Morgan fingerprint density at radius 1 is 1.29 bits per heavy atom. The van der Waals surface area contributed by atoms with Crippen molar-refractivity contribution in [3.8, 4) is 0 Å². The number of rotatable bonds is 1. The Kier molecular flexibility index (Phi) is 4.03. The molecule has 0 aromatic rings. The summed E-state index contributed by atoms with van der Waals surface area (Å²) < 4.78 is 40.0. The van der Waals surface area contributed by atoms with Gasteiger partial charge >= 0.3 is 12.1 Å². The molecule has 82 valence electrons. The van der Waals surface area contributed by atoms with Crippen molar-refractivity contribution in [3.63, 3.8) is 0 Å². The largest absolute Gasteiger partial charge is 0.490 e. The fourth-order valence-electron chi connectivity index (χ4n) is 1.39. The van der Waals surface area contributed by atoms with Crippen molar-refractivity contribution in [1.29, 1.82) is 0 Å². The topological polar surface area (TPSA) is 26.3 Å². The van der Waals surface area contributed by atoms with E-state index < -0.39 is 18.2 Å². The molecule has 0 N–H and O–H groups in total. The van der Waals surface area contributed by atoms with Gasteiger partial charge in [0, 0.05) is 3.92 Å². The molecular formula is C8H10F3IO2. The minimum absolute atomic E-state index is 0.00708. The van der Waals surface area contributed by atoms with Gasteiger partial charge in [0.25, 0.3) is 0 Å². The minimum Gasteiger partial charge on any atom is -0.455 e. The van der Waals surface area contributed by atoms with Gasteiger partial charge in [0.15, 0.2) is 0 Å². The zero-order valence-electron chi connectivity index (χ0n) is 7.31. The van der Waals surface area contributed by atoms with E-state index in [0.29, 0.717) is 6.42 Å². The predicted octanol–water partition coefficient (Wildman–Crippen LogP) is 2.84. The molecule has 0 aromatic carbocycles. The van der Waals surface area contributed by atoms with E-state index in [-0.39, 0.29) is 3.92 Å². The van der Waals surface area contributed by atoms with Gasteiger partial charge in [0.2, 0.25) is 0 Å². The Morgan fingerprint density at radius 3 is 2.36 bits per heavy atom. The summed E-state index contributed by atoms with van der Waals surface area (Å²) in [7, 11) is 0. The van der Waals surface area contributed by atoms with Gasteiger partial charge in [0.05, 0.1) is 0 Å². The normalized spacial score (nSPS) is 28.6. The highest BCUT2D eigenvalue weighted by Gasteiger charge is 2.43. The first kappa shape index (κ1) is 12.1. The van der Waals surface area contributed by atoms with Crippen LogP contribution in [0, 0.1) is 0 Å². The number of carbonyl (C=O) groups excluding carboxylic acids is 1. The van der Waals surface area contributed by atoms with Crippen LogP contribution in [-0.4, -0.2) is 22.2 Å². The molecule has 0 aliphatic heterocycles. The lowest BCUT2D eigenvalue weighted by Gasteiger charge is -2.27. The van der Waals surface area contributed by atoms with E-state index in [2.05, 4.69) is 4.74 Å². The molecule has 1 aliphatic carbocycles. The second-order valence-corrected chi connectivity index (χ2v) is 4.84. The van der Waals surface area contributed by atoms with Crippen molar-refractivity contribution in [2.75, 3.05) is 0 Å². The van der Waals surface area contributed by atoms with Crippen molar-refractivity contribution in [2.24, 2.45) is 0 Å². The number of carbonyl (C=O) groups is 1. The first-order valence-corrected chi connectivity index (χ1v) is 5.57. The lowest BCUT2D eigenvalue weighted by Crippen LogP contribution is -2.35. The maximum Gasteiger partial charge on any atom is 0.490 e. The molecule has 6 heteroatoms. The molecule has 0 saturated heterocycles. The fraction of sp³-hybridized carbons (Fsp3) is 0.875. The van der Waals surface area contributed by atoms with Gasteiger partial charge in [-0.1, -0.05) is 29.0 Å². The van der Waals surface area contributed by atoms with E-state index in [1.165, 1.54) is 0 Å². The molecule has 0 radical (unpaired) electrons. The third kappa shape index (κ3) is 3.29. The molecule has 2 nitrogen and oxygen atoms in total. The molecular weight excluding hydrogens is 312 g/mol. The standard InChI is InChI=1S/C8H10F3IO2/c9-8(10,11)7(13)14-6-4-2-1-3-5(6)12/h5-6H,1-4H2. The molecule has 0 aromatic heterocycles. The number of ether oxygens (including phenoxy) is 1. The summed E-state index contributed by atoms with van der Waals surface area (Å²) >= 11 is 2.04. The van der Waals surface area contributed by atoms with Gasteiger partial charge in [-0.25, -0.2) is 4.79 Å². The van der Waals surface area contributed by atoms with Crippen LogP contribution in [0.25, 0.3) is 0 Å². The van der Waals surface area contributed by atoms with Gasteiger partial charge in [-0.2, -0.15) is 13.2 Å². The fourth-order valence-corrected chi connectivity index (χ4v) is 2.34. The maximum atomic E-state index is 11.9. The maximum absolute atomic E-state index is 11.9. The smallest absolute Gasteiger partial charge is 0.455 e. The number of esters is 1. The summed E-state index contributed by atoms with van der Waals surface area (Å²) in [5.74, 6) is -2.06. The monoisotopic (exact) mass is 322 g/mol. The van der Waals surface area contributed by atoms with E-state index >= 15 is 0 Å². The van der Waals surface area contributed by atoms with Crippen LogP contribution in [-0.2, 0) is 9.53 Å². The number of hydrogen-bond donors (Lipinski definition) is 0. The summed E-state index contributed by atoms with van der Waals surface area (Å²) in [5.41, 5.74) is 0. The Labute approximate surface area is 93.3 Å². The third-order valence-corrected chi connectivity index (χ3v) is 3.54. The molecule has 1 rings (SSSR count). The van der Waals surface area contributed by atoms with Crippen LogP contribution >= 0.6 is 22.6 Å². The van der Waals surface area contributed by atoms with E-state index in [0.717, 1.165) is 19.3 Å². The van der Waals surface area contributed by atoms with Gasteiger partial charge in [0.1, 0.15) is 6.10 Å². The second-order valence-electron chi connectivity index (χ2n) is 3.24. The van der Waals surface area contributed by atoms with Gasteiger partial charge < -0.3 is 4.74 Å². The first-order valence-electron chi connectivity index (χ1n) is 4.33. The summed E-state index contributed by atoms with van der Waals surface area (Å²) in [6.45, 7) is 0. The molecule has 1 aliphatic rings. The third-order valence-electron chi connectivity index (χ3n) is 2.11. The summed E-state index contributed by atoms with van der Waals surface area (Å²) in [6, 6.07) is 0. The lowest BCUT2D eigenvalue weighted by atomic mass is 9.98. The van der Waals surface area contributed by atoms with Crippen LogP contribution in [0.4, 0.5) is 13.2 Å². The van der Waals surface area contributed by atoms with E-state index in [9.17, 15) is 18.0 Å². The second kappa shape index (κ2) is 4.67. The van der Waals surface area contributed by atoms with Crippen molar-refractivity contribution < 1.29 is 22.7 Å². The average molecular weight is 322 g/mol. The Morgan fingerprint density at radius 2 is 1.86 bits per heavy atom. The Hall–Kier alpha value is -0.0100. The summed E-state index contributed by atoms with van der Waals surface area (Å²) in [4.78, 5) is 10.5. The van der Waals surface area contributed by atoms with Gasteiger partial charge in [-0.3, -0.25) is 0 Å². The highest BCUT2D eigenvalue weighted by Crippen LogP contribution is 2.29. The van der Waals surface area contributed by atoms with Crippen LogP contribution in [0.3, 0.4) is 0 Å². The van der Waals surface area contributed by atoms with E-state index in [1.54, 1.807) is 0 Å². The van der Waals surface area contributed by atoms with Gasteiger partial charge in [-0.05, 0) is 19.3 Å². The Balaban J connectivity index is 2.46. The highest BCUT2D eigenvalue weighted by atomic mass is 127. The SMILES string of the molecule is O=C(OC1CCCCC1I)C(F)(F)F. The minimum atomic E-state index is -4.87. The average Bonchev–Trinajstić information content (AvgIpc) is 2.07. The van der Waals surface area contributed by atoms with Crippen LogP contribution in [0.5, 0.6) is 0 Å². The van der Waals surface area contributed by atoms with E-state index in [4.69, 9.17) is 0 Å². The molecule has 2 unspecified atom stereocenters. The zero-order chi connectivity index (χ0) is 10.8. The number of halogens is 4. The van der Waals surface area contributed by atoms with Crippen LogP contribution in [0.1, 0.15) is 25.7 Å². The number of hydrogen-bond acceptors (Lipinski definition) is 2. The highest BCUT2D eigenvalue weighted by molar-refractivity contribution is 14.1. The molecule has 2 atom stereocenters. The molecule has 0 heterocycles. The molecule has 1 saturated carbocycles. The molecule has 0 bridgehead atoms. The van der Waals surface area contributed by atoms with E-state index in [1.807, 2.05) is 22.6 Å². The molecule has 0 amide bonds. The van der Waals surface area contributed by atoms with Crippen molar-refractivity contribution >= 4 is 28.6 Å². The van der Waals surface area contributed by atoms with Crippen LogP contribution < -0.4 is 0 Å². The van der Waals surface area contributed by atoms with Gasteiger partial charge in [-0.15, -0.1) is 0 Å². The van der Waals surface area contributed by atoms with Crippen molar-refractivity contribution in [1.82, 2.24) is 0 Å². The van der Waals surface area contributed by atoms with Crippen LogP contribution in [0.15, 0.2) is 0 Å². The predicted molar refractivity (Wildman–Crippen MR) is 52.2 cm³/mol. The Bertz CT molecular complexity index is 217. The number of alkyl halides is 4. The van der Waals surface area contributed by atoms with Crippen molar-refractivity contribution in [3.05, 3.63) is 0 Å². The summed E-state index contributed by atoms with van der Waals surface area (Å²) in [5, 5.41) is 0. The van der Waals surface area contributed by atoms with Crippen molar-refractivity contribution in [2.45, 2.75) is 41.9 Å². The van der Waals surface area contributed by atoms with Crippen LogP contribution in [0.2, 0.25) is 0 Å². The summed E-state index contributed by atoms with van der Waals surface area (Å²) in [6.07, 6.45) is -2.26. The zero-order valence-corrected chi connectivity index (χ0v) is 9.47.